The smallest absolute Gasteiger partial charge is 0.265 e. The fourth-order valence-corrected chi connectivity index (χ4v) is 2.47. The molecule has 2 aromatic carbocycles. The van der Waals surface area contributed by atoms with Gasteiger partial charge in [-0.2, -0.15) is 0 Å². The van der Waals surface area contributed by atoms with Gasteiger partial charge in [0.25, 0.3) is 5.91 Å². The van der Waals surface area contributed by atoms with Crippen molar-refractivity contribution in [2.24, 2.45) is 0 Å². The average molecular weight is 317 g/mol. The van der Waals surface area contributed by atoms with Gasteiger partial charge >= 0.3 is 0 Å². The Balaban J connectivity index is 2.02. The van der Waals surface area contributed by atoms with E-state index in [1.54, 1.807) is 37.9 Å². The molecule has 0 saturated heterocycles. The van der Waals surface area contributed by atoms with E-state index in [0.717, 1.165) is 10.6 Å². The van der Waals surface area contributed by atoms with Crippen molar-refractivity contribution < 1.29 is 14.3 Å². The van der Waals surface area contributed by atoms with E-state index in [0.29, 0.717) is 11.5 Å². The van der Waals surface area contributed by atoms with Crippen molar-refractivity contribution in [3.63, 3.8) is 0 Å². The summed E-state index contributed by atoms with van der Waals surface area (Å²) in [6.07, 6.45) is 1.36. The van der Waals surface area contributed by atoms with Gasteiger partial charge in [-0.15, -0.1) is 11.8 Å². The normalized spacial score (nSPS) is 11.6. The van der Waals surface area contributed by atoms with E-state index in [4.69, 9.17) is 9.47 Å². The molecule has 22 heavy (non-hydrogen) atoms. The Hall–Kier alpha value is -2.14. The Labute approximate surface area is 134 Å². The van der Waals surface area contributed by atoms with Crippen LogP contribution >= 0.6 is 11.8 Å². The van der Waals surface area contributed by atoms with Gasteiger partial charge in [0.15, 0.2) is 6.10 Å². The van der Waals surface area contributed by atoms with Gasteiger partial charge in [-0.3, -0.25) is 4.79 Å². The highest BCUT2D eigenvalue weighted by Gasteiger charge is 2.16. The molecule has 2 rings (SSSR count). The summed E-state index contributed by atoms with van der Waals surface area (Å²) >= 11 is 1.59. The van der Waals surface area contributed by atoms with Crippen molar-refractivity contribution in [3.05, 3.63) is 48.5 Å². The Morgan fingerprint density at radius 2 is 1.86 bits per heavy atom. The van der Waals surface area contributed by atoms with Crippen LogP contribution in [0.4, 0.5) is 5.69 Å². The Bertz CT molecular complexity index is 645. The van der Waals surface area contributed by atoms with Crippen LogP contribution in [0.5, 0.6) is 11.5 Å². The molecule has 0 radical (unpaired) electrons. The molecule has 0 saturated carbocycles. The van der Waals surface area contributed by atoms with Crippen molar-refractivity contribution in [1.29, 1.82) is 0 Å². The summed E-state index contributed by atoms with van der Waals surface area (Å²) in [7, 11) is 1.59. The second kappa shape index (κ2) is 7.75. The first-order valence-corrected chi connectivity index (χ1v) is 8.11. The third kappa shape index (κ3) is 4.18. The number of carbonyl (C=O) groups excluding carboxylic acids is 1. The lowest BCUT2D eigenvalue weighted by Gasteiger charge is -2.16. The van der Waals surface area contributed by atoms with E-state index in [-0.39, 0.29) is 5.91 Å². The maximum atomic E-state index is 12.3. The molecule has 0 spiro atoms. The van der Waals surface area contributed by atoms with Crippen LogP contribution in [0, 0.1) is 0 Å². The first-order valence-electron chi connectivity index (χ1n) is 6.88. The third-order valence-corrected chi connectivity index (χ3v) is 3.88. The summed E-state index contributed by atoms with van der Waals surface area (Å²) in [6, 6.07) is 14.9. The summed E-state index contributed by atoms with van der Waals surface area (Å²) in [5, 5.41) is 2.89. The Morgan fingerprint density at radius 3 is 2.59 bits per heavy atom. The third-order valence-electron chi connectivity index (χ3n) is 3.09. The average Bonchev–Trinajstić information content (AvgIpc) is 2.55. The predicted octanol–water partition coefficient (Wildman–Crippen LogP) is 3.82. The van der Waals surface area contributed by atoms with Crippen LogP contribution < -0.4 is 14.8 Å². The predicted molar refractivity (Wildman–Crippen MR) is 89.9 cm³/mol. The molecule has 0 aliphatic carbocycles. The van der Waals surface area contributed by atoms with Crippen LogP contribution in [0.2, 0.25) is 0 Å². The maximum absolute atomic E-state index is 12.3. The van der Waals surface area contributed by atoms with Crippen LogP contribution in [0.3, 0.4) is 0 Å². The van der Waals surface area contributed by atoms with Gasteiger partial charge in [-0.05, 0) is 37.4 Å². The molecular weight excluding hydrogens is 298 g/mol. The maximum Gasteiger partial charge on any atom is 0.265 e. The van der Waals surface area contributed by atoms with Gasteiger partial charge in [0.2, 0.25) is 0 Å². The number of carbonyl (C=O) groups is 1. The quantitative estimate of drug-likeness (QED) is 0.823. The number of thioether (sulfide) groups is 1. The van der Waals surface area contributed by atoms with E-state index >= 15 is 0 Å². The molecule has 0 aliphatic heterocycles. The second-order valence-corrected chi connectivity index (χ2v) is 5.48. The van der Waals surface area contributed by atoms with Gasteiger partial charge in [0.1, 0.15) is 11.5 Å². The molecule has 0 unspecified atom stereocenters. The second-order valence-electron chi connectivity index (χ2n) is 4.63. The largest absolute Gasteiger partial charge is 0.497 e. The van der Waals surface area contributed by atoms with Crippen molar-refractivity contribution in [2.45, 2.75) is 17.9 Å². The summed E-state index contributed by atoms with van der Waals surface area (Å²) in [5.41, 5.74) is 0.793. The number of hydrogen-bond acceptors (Lipinski definition) is 4. The summed E-state index contributed by atoms with van der Waals surface area (Å²) in [6.45, 7) is 1.72. The number of benzene rings is 2. The van der Waals surface area contributed by atoms with Gasteiger partial charge in [-0.1, -0.05) is 18.2 Å². The van der Waals surface area contributed by atoms with E-state index in [1.165, 1.54) is 0 Å². The van der Waals surface area contributed by atoms with Crippen molar-refractivity contribution >= 4 is 23.4 Å². The van der Waals surface area contributed by atoms with Gasteiger partial charge in [0, 0.05) is 11.0 Å². The molecule has 1 N–H and O–H groups in total. The number of rotatable bonds is 6. The molecule has 116 valence electrons. The Kier molecular flexibility index (Phi) is 5.72. The van der Waals surface area contributed by atoms with E-state index in [2.05, 4.69) is 5.32 Å². The number of para-hydroxylation sites is 1. The number of methoxy groups -OCH3 is 1. The minimum Gasteiger partial charge on any atom is -0.497 e. The summed E-state index contributed by atoms with van der Waals surface area (Å²) in [4.78, 5) is 13.3. The van der Waals surface area contributed by atoms with Crippen molar-refractivity contribution in [3.8, 4) is 11.5 Å². The Morgan fingerprint density at radius 1 is 1.14 bits per heavy atom. The highest BCUT2D eigenvalue weighted by molar-refractivity contribution is 7.98. The first-order chi connectivity index (χ1) is 10.6. The summed E-state index contributed by atoms with van der Waals surface area (Å²) in [5.74, 6) is 1.10. The molecule has 0 aliphatic rings. The fourth-order valence-electron chi connectivity index (χ4n) is 1.91. The van der Waals surface area contributed by atoms with Crippen molar-refractivity contribution in [1.82, 2.24) is 0 Å². The first kappa shape index (κ1) is 16.2. The van der Waals surface area contributed by atoms with Crippen LogP contribution in [0.15, 0.2) is 53.4 Å². The molecule has 0 fully saturated rings. The van der Waals surface area contributed by atoms with Crippen LogP contribution in [0.25, 0.3) is 0 Å². The number of ether oxygens (including phenoxy) is 2. The number of nitrogens with one attached hydrogen (secondary N) is 1. The van der Waals surface area contributed by atoms with Gasteiger partial charge in [-0.25, -0.2) is 0 Å². The van der Waals surface area contributed by atoms with Crippen LogP contribution in [0.1, 0.15) is 6.92 Å². The van der Waals surface area contributed by atoms with Crippen LogP contribution in [-0.4, -0.2) is 25.4 Å². The molecular formula is C17H19NO3S. The molecule has 5 heteroatoms. The molecule has 4 nitrogen and oxygen atoms in total. The molecule has 1 atom stereocenters. The zero-order valence-corrected chi connectivity index (χ0v) is 13.6. The standard InChI is InChI=1S/C17H19NO3S/c1-12(21-14-8-6-7-13(11-14)20-2)17(19)18-15-9-4-5-10-16(15)22-3/h4-12H,1-3H3,(H,18,19)/t12-/m1/s1. The van der Waals surface area contributed by atoms with Gasteiger partial charge in [0.05, 0.1) is 12.8 Å². The lowest BCUT2D eigenvalue weighted by Crippen LogP contribution is -2.30. The van der Waals surface area contributed by atoms with Crippen LogP contribution in [-0.2, 0) is 4.79 Å². The van der Waals surface area contributed by atoms with E-state index in [9.17, 15) is 4.79 Å². The minimum absolute atomic E-state index is 0.190. The zero-order chi connectivity index (χ0) is 15.9. The highest BCUT2D eigenvalue weighted by Crippen LogP contribution is 2.25. The number of amides is 1. The van der Waals surface area contributed by atoms with E-state index in [1.807, 2.05) is 42.7 Å². The molecule has 0 aromatic heterocycles. The molecule has 0 bridgehead atoms. The lowest BCUT2D eigenvalue weighted by atomic mass is 10.3. The van der Waals surface area contributed by atoms with E-state index < -0.39 is 6.10 Å². The molecule has 2 aromatic rings. The molecule has 1 amide bonds. The zero-order valence-electron chi connectivity index (χ0n) is 12.8. The van der Waals surface area contributed by atoms with Crippen molar-refractivity contribution in [2.75, 3.05) is 18.7 Å². The number of anilines is 1. The summed E-state index contributed by atoms with van der Waals surface area (Å²) < 4.78 is 10.8. The minimum atomic E-state index is -0.609. The topological polar surface area (TPSA) is 47.6 Å². The van der Waals surface area contributed by atoms with Gasteiger partial charge < -0.3 is 14.8 Å². The lowest BCUT2D eigenvalue weighted by molar-refractivity contribution is -0.122. The molecule has 0 heterocycles. The highest BCUT2D eigenvalue weighted by atomic mass is 32.2. The SMILES string of the molecule is COc1cccc(O[C@H](C)C(=O)Nc2ccccc2SC)c1. The fraction of sp³-hybridized carbons (Fsp3) is 0.235. The number of hydrogen-bond donors (Lipinski definition) is 1. The monoisotopic (exact) mass is 317 g/mol.